The topological polar surface area (TPSA) is 29.3 Å². The highest BCUT2D eigenvalue weighted by Crippen LogP contribution is 2.48. The van der Waals surface area contributed by atoms with Gasteiger partial charge < -0.3 is 5.73 Å². The molecule has 2 fully saturated rings. The van der Waals surface area contributed by atoms with E-state index in [9.17, 15) is 8.78 Å². The van der Waals surface area contributed by atoms with E-state index in [1.54, 1.807) is 0 Å². The second-order valence-electron chi connectivity index (χ2n) is 6.83. The van der Waals surface area contributed by atoms with Crippen molar-refractivity contribution in [2.75, 3.05) is 20.1 Å². The van der Waals surface area contributed by atoms with Crippen LogP contribution < -0.4 is 5.73 Å². The molecule has 2 nitrogen and oxygen atoms in total. The van der Waals surface area contributed by atoms with Gasteiger partial charge in [0.15, 0.2) is 0 Å². The van der Waals surface area contributed by atoms with Gasteiger partial charge in [-0.05, 0) is 61.8 Å². The maximum absolute atomic E-state index is 13.4. The molecule has 21 heavy (non-hydrogen) atoms. The van der Waals surface area contributed by atoms with E-state index < -0.39 is 11.6 Å². The van der Waals surface area contributed by atoms with Gasteiger partial charge in [0.1, 0.15) is 11.6 Å². The van der Waals surface area contributed by atoms with Crippen molar-refractivity contribution < 1.29 is 8.78 Å². The molecule has 1 aromatic rings. The van der Waals surface area contributed by atoms with Crippen molar-refractivity contribution in [3.05, 3.63) is 35.4 Å². The second-order valence-corrected chi connectivity index (χ2v) is 6.83. The molecule has 4 unspecified atom stereocenters. The van der Waals surface area contributed by atoms with Crippen molar-refractivity contribution in [1.29, 1.82) is 0 Å². The van der Waals surface area contributed by atoms with Gasteiger partial charge in [-0.15, -0.1) is 0 Å². The Kier molecular flexibility index (Phi) is 4.27. The van der Waals surface area contributed by atoms with Crippen LogP contribution in [0.2, 0.25) is 0 Å². The second kappa shape index (κ2) is 6.01. The van der Waals surface area contributed by atoms with Crippen LogP contribution in [0, 0.1) is 29.4 Å². The van der Waals surface area contributed by atoms with Crippen LogP contribution in [0.1, 0.15) is 37.3 Å². The van der Waals surface area contributed by atoms with Crippen LogP contribution in [-0.4, -0.2) is 25.0 Å². The molecule has 0 radical (unpaired) electrons. The van der Waals surface area contributed by atoms with E-state index in [0.29, 0.717) is 12.1 Å². The molecule has 2 N–H and O–H groups in total. The molecule has 2 bridgehead atoms. The summed E-state index contributed by atoms with van der Waals surface area (Å²) in [4.78, 5) is 2.18. The first-order valence-corrected chi connectivity index (χ1v) is 7.93. The lowest BCUT2D eigenvalue weighted by Crippen LogP contribution is -2.35. The quantitative estimate of drug-likeness (QED) is 0.902. The molecule has 0 aromatic heterocycles. The van der Waals surface area contributed by atoms with Crippen LogP contribution in [0.3, 0.4) is 0 Å². The Hall–Kier alpha value is -1.00. The standard InChI is InChI=1S/C17H24F2N2/c1-21(10-14-5-11-2-3-12(14)4-11)17(9-20)13-6-15(18)8-16(19)7-13/h6-8,11-12,14,17H,2-5,9-10,20H2,1H3. The number of likely N-dealkylation sites (N-methyl/N-ethyl adjacent to an activating group) is 1. The number of nitrogens with two attached hydrogens (primary N) is 1. The van der Waals surface area contributed by atoms with Crippen LogP contribution in [0.5, 0.6) is 0 Å². The van der Waals surface area contributed by atoms with Gasteiger partial charge in [0.2, 0.25) is 0 Å². The van der Waals surface area contributed by atoms with E-state index in [4.69, 9.17) is 5.73 Å². The third-order valence-electron chi connectivity index (χ3n) is 5.43. The molecule has 4 atom stereocenters. The molecule has 0 amide bonds. The number of halogens is 2. The first-order chi connectivity index (χ1) is 10.1. The Bertz CT molecular complexity index is 485. The fraction of sp³-hybridized carbons (Fsp3) is 0.647. The lowest BCUT2D eigenvalue weighted by atomic mass is 9.88. The number of hydrogen-bond acceptors (Lipinski definition) is 2. The van der Waals surface area contributed by atoms with E-state index in [1.807, 2.05) is 7.05 Å². The van der Waals surface area contributed by atoms with Crippen molar-refractivity contribution >= 4 is 0 Å². The zero-order chi connectivity index (χ0) is 15.0. The van der Waals surface area contributed by atoms with Gasteiger partial charge in [0, 0.05) is 25.2 Å². The minimum Gasteiger partial charge on any atom is -0.329 e. The zero-order valence-electron chi connectivity index (χ0n) is 12.6. The van der Waals surface area contributed by atoms with Crippen molar-refractivity contribution in [1.82, 2.24) is 4.90 Å². The lowest BCUT2D eigenvalue weighted by molar-refractivity contribution is 0.175. The molecule has 3 rings (SSSR count). The smallest absolute Gasteiger partial charge is 0.126 e. The summed E-state index contributed by atoms with van der Waals surface area (Å²) in [6.07, 6.45) is 5.43. The van der Waals surface area contributed by atoms with Crippen LogP contribution in [0.15, 0.2) is 18.2 Å². The number of hydrogen-bond donors (Lipinski definition) is 1. The third-order valence-corrected chi connectivity index (χ3v) is 5.43. The summed E-state index contributed by atoms with van der Waals surface area (Å²) in [5.74, 6) is 1.42. The Balaban J connectivity index is 1.70. The summed E-state index contributed by atoms with van der Waals surface area (Å²) < 4.78 is 26.8. The monoisotopic (exact) mass is 294 g/mol. The highest BCUT2D eigenvalue weighted by molar-refractivity contribution is 5.22. The van der Waals surface area contributed by atoms with Crippen LogP contribution in [0.4, 0.5) is 8.78 Å². The first-order valence-electron chi connectivity index (χ1n) is 7.93. The predicted molar refractivity (Wildman–Crippen MR) is 79.7 cm³/mol. The van der Waals surface area contributed by atoms with Crippen molar-refractivity contribution in [3.8, 4) is 0 Å². The van der Waals surface area contributed by atoms with Crippen LogP contribution in [0.25, 0.3) is 0 Å². The summed E-state index contributed by atoms with van der Waals surface area (Å²) in [6, 6.07) is 3.59. The first kappa shape index (κ1) is 14.9. The Labute approximate surface area is 125 Å². The average molecular weight is 294 g/mol. The normalized spacial score (nSPS) is 29.3. The fourth-order valence-electron chi connectivity index (χ4n) is 4.44. The molecule has 0 aliphatic heterocycles. The molecule has 0 saturated heterocycles. The Morgan fingerprint density at radius 1 is 1.19 bits per heavy atom. The SMILES string of the molecule is CN(CC1CC2CCC1C2)C(CN)c1cc(F)cc(F)c1. The number of fused-ring (bicyclic) bond motifs is 2. The molecule has 116 valence electrons. The number of nitrogens with zero attached hydrogens (tertiary/aromatic N) is 1. The summed E-state index contributed by atoms with van der Waals surface area (Å²) in [7, 11) is 2.02. The van der Waals surface area contributed by atoms with Gasteiger partial charge >= 0.3 is 0 Å². The maximum atomic E-state index is 13.4. The largest absolute Gasteiger partial charge is 0.329 e. The highest BCUT2D eigenvalue weighted by Gasteiger charge is 2.40. The zero-order valence-corrected chi connectivity index (χ0v) is 12.6. The van der Waals surface area contributed by atoms with Gasteiger partial charge in [-0.25, -0.2) is 8.78 Å². The molecule has 2 aliphatic carbocycles. The van der Waals surface area contributed by atoms with E-state index >= 15 is 0 Å². The van der Waals surface area contributed by atoms with E-state index in [0.717, 1.165) is 30.4 Å². The van der Waals surface area contributed by atoms with Gasteiger partial charge in [-0.1, -0.05) is 6.42 Å². The molecule has 1 aromatic carbocycles. The maximum Gasteiger partial charge on any atom is 0.126 e. The predicted octanol–water partition coefficient (Wildman–Crippen LogP) is 3.33. The lowest BCUT2D eigenvalue weighted by Gasteiger charge is -2.32. The summed E-state index contributed by atoms with van der Waals surface area (Å²) in [6.45, 7) is 1.35. The molecular formula is C17H24F2N2. The van der Waals surface area contributed by atoms with Crippen LogP contribution >= 0.6 is 0 Å². The average Bonchev–Trinajstić information content (AvgIpc) is 3.00. The van der Waals surface area contributed by atoms with Gasteiger partial charge in [0.05, 0.1) is 0 Å². The summed E-state index contributed by atoms with van der Waals surface area (Å²) in [5, 5.41) is 0. The number of rotatable bonds is 5. The molecule has 0 heterocycles. The molecular weight excluding hydrogens is 270 g/mol. The van der Waals surface area contributed by atoms with Gasteiger partial charge in [-0.2, -0.15) is 0 Å². The van der Waals surface area contributed by atoms with Crippen molar-refractivity contribution in [2.45, 2.75) is 31.7 Å². The van der Waals surface area contributed by atoms with Crippen molar-refractivity contribution in [2.24, 2.45) is 23.5 Å². The Morgan fingerprint density at radius 3 is 2.43 bits per heavy atom. The molecule has 0 spiro atoms. The van der Waals surface area contributed by atoms with Crippen LogP contribution in [-0.2, 0) is 0 Å². The van der Waals surface area contributed by atoms with E-state index in [2.05, 4.69) is 4.90 Å². The van der Waals surface area contributed by atoms with E-state index in [-0.39, 0.29) is 6.04 Å². The van der Waals surface area contributed by atoms with Gasteiger partial charge in [0.25, 0.3) is 0 Å². The molecule has 2 saturated carbocycles. The minimum atomic E-state index is -0.531. The number of benzene rings is 1. The molecule has 2 aliphatic rings. The fourth-order valence-corrected chi connectivity index (χ4v) is 4.44. The minimum absolute atomic E-state index is 0.116. The molecule has 4 heteroatoms. The summed E-state index contributed by atoms with van der Waals surface area (Å²) in [5.41, 5.74) is 6.51. The van der Waals surface area contributed by atoms with Crippen molar-refractivity contribution in [3.63, 3.8) is 0 Å². The van der Waals surface area contributed by atoms with E-state index in [1.165, 1.54) is 37.8 Å². The van der Waals surface area contributed by atoms with Gasteiger partial charge in [-0.3, -0.25) is 4.90 Å². The summed E-state index contributed by atoms with van der Waals surface area (Å²) >= 11 is 0. The highest BCUT2D eigenvalue weighted by atomic mass is 19.1. The third kappa shape index (κ3) is 3.11. The Morgan fingerprint density at radius 2 is 1.90 bits per heavy atom.